The molecular weight excluding hydrogens is 247 g/mol. The number of hydrogen-bond donors (Lipinski definition) is 1. The molecule has 0 amide bonds. The predicted octanol–water partition coefficient (Wildman–Crippen LogP) is 2.01. The minimum Gasteiger partial charge on any atom is -0.406 e. The zero-order valence-corrected chi connectivity index (χ0v) is 9.65. The van der Waals surface area contributed by atoms with Gasteiger partial charge < -0.3 is 9.84 Å². The number of nitrogens with zero attached hydrogens (tertiary/aromatic N) is 1. The number of halogens is 3. The molecule has 0 aliphatic carbocycles. The maximum absolute atomic E-state index is 11.9. The Balaban J connectivity index is 1.85. The lowest BCUT2D eigenvalue weighted by atomic mass is 10.0. The molecule has 1 aromatic carbocycles. The molecule has 0 unspecified atom stereocenters. The van der Waals surface area contributed by atoms with E-state index >= 15 is 0 Å². The minimum atomic E-state index is -4.65. The molecule has 1 saturated heterocycles. The fourth-order valence-corrected chi connectivity index (χ4v) is 1.98. The summed E-state index contributed by atoms with van der Waals surface area (Å²) in [5.41, 5.74) is 0.931. The Morgan fingerprint density at radius 2 is 1.83 bits per heavy atom. The molecule has 0 spiro atoms. The summed E-state index contributed by atoms with van der Waals surface area (Å²) in [6.07, 6.45) is -4.65. The molecule has 0 radical (unpaired) electrons. The van der Waals surface area contributed by atoms with Gasteiger partial charge in [-0.15, -0.1) is 13.2 Å². The molecule has 100 valence electrons. The van der Waals surface area contributed by atoms with E-state index in [1.165, 1.54) is 12.1 Å². The van der Waals surface area contributed by atoms with Crippen molar-refractivity contribution in [1.29, 1.82) is 0 Å². The molecule has 6 heteroatoms. The molecule has 2 rings (SSSR count). The molecule has 1 N–H and O–H groups in total. The van der Waals surface area contributed by atoms with Gasteiger partial charge in [-0.3, -0.25) is 4.90 Å². The molecule has 0 atom stereocenters. The zero-order valence-electron chi connectivity index (χ0n) is 9.65. The Morgan fingerprint density at radius 3 is 2.33 bits per heavy atom. The van der Waals surface area contributed by atoms with Crippen molar-refractivity contribution in [3.8, 4) is 5.75 Å². The van der Waals surface area contributed by atoms with Gasteiger partial charge in [0.2, 0.25) is 0 Å². The summed E-state index contributed by atoms with van der Waals surface area (Å²) < 4.78 is 39.6. The molecule has 1 aromatic rings. The van der Waals surface area contributed by atoms with Gasteiger partial charge in [-0.25, -0.2) is 0 Å². The van der Waals surface area contributed by atoms with Crippen LogP contribution >= 0.6 is 0 Å². The minimum absolute atomic E-state index is 0.189. The summed E-state index contributed by atoms with van der Waals surface area (Å²) in [6.45, 7) is 2.53. The number of ether oxygens (including phenoxy) is 1. The van der Waals surface area contributed by atoms with Gasteiger partial charge in [0.15, 0.2) is 0 Å². The second kappa shape index (κ2) is 5.16. The van der Waals surface area contributed by atoms with Gasteiger partial charge in [0.1, 0.15) is 5.75 Å². The van der Waals surface area contributed by atoms with Crippen LogP contribution in [0.4, 0.5) is 13.2 Å². The Kier molecular flexibility index (Phi) is 3.77. The second-order valence-electron chi connectivity index (χ2n) is 4.43. The normalized spacial score (nSPS) is 17.6. The van der Waals surface area contributed by atoms with Gasteiger partial charge >= 0.3 is 6.36 Å². The number of aliphatic hydroxyl groups is 1. The van der Waals surface area contributed by atoms with Crippen LogP contribution in [0.25, 0.3) is 0 Å². The van der Waals surface area contributed by atoms with E-state index in [0.717, 1.165) is 18.7 Å². The zero-order chi connectivity index (χ0) is 13.2. The van der Waals surface area contributed by atoms with E-state index in [9.17, 15) is 13.2 Å². The van der Waals surface area contributed by atoms with Gasteiger partial charge in [-0.05, 0) is 17.7 Å². The number of hydrogen-bond acceptors (Lipinski definition) is 3. The van der Waals surface area contributed by atoms with E-state index < -0.39 is 6.36 Å². The van der Waals surface area contributed by atoms with Crippen LogP contribution in [0, 0.1) is 5.92 Å². The number of rotatable bonds is 4. The highest BCUT2D eigenvalue weighted by Crippen LogP contribution is 2.24. The van der Waals surface area contributed by atoms with Crippen LogP contribution in [0.15, 0.2) is 24.3 Å². The van der Waals surface area contributed by atoms with E-state index in [1.54, 1.807) is 12.1 Å². The van der Waals surface area contributed by atoms with Crippen LogP contribution in [0.1, 0.15) is 5.56 Å². The summed E-state index contributed by atoms with van der Waals surface area (Å²) in [5.74, 6) is 0.126. The predicted molar refractivity (Wildman–Crippen MR) is 59.0 cm³/mol. The molecule has 1 aliphatic rings. The van der Waals surface area contributed by atoms with Crippen molar-refractivity contribution < 1.29 is 23.0 Å². The van der Waals surface area contributed by atoms with Gasteiger partial charge in [0.05, 0.1) is 0 Å². The first-order valence-corrected chi connectivity index (χ1v) is 5.64. The van der Waals surface area contributed by atoms with E-state index in [1.807, 2.05) is 0 Å². The maximum atomic E-state index is 11.9. The standard InChI is InChI=1S/C12H14F3NO2/c13-12(14,15)18-11-3-1-9(2-4-11)5-16-6-10(7-16)8-17/h1-4,10,17H,5-8H2. The lowest BCUT2D eigenvalue weighted by molar-refractivity contribution is -0.274. The number of likely N-dealkylation sites (tertiary alicyclic amines) is 1. The van der Waals surface area contributed by atoms with Crippen molar-refractivity contribution in [3.63, 3.8) is 0 Å². The average Bonchev–Trinajstić information content (AvgIpc) is 2.23. The van der Waals surface area contributed by atoms with Crippen LogP contribution < -0.4 is 4.74 Å². The highest BCUT2D eigenvalue weighted by molar-refractivity contribution is 5.27. The first-order valence-electron chi connectivity index (χ1n) is 5.64. The van der Waals surface area contributed by atoms with Crippen LogP contribution in [0.5, 0.6) is 5.75 Å². The molecule has 3 nitrogen and oxygen atoms in total. The number of alkyl halides is 3. The van der Waals surface area contributed by atoms with Gasteiger partial charge in [-0.2, -0.15) is 0 Å². The summed E-state index contributed by atoms with van der Waals surface area (Å²) in [5, 5.41) is 8.86. The van der Waals surface area contributed by atoms with Crippen molar-refractivity contribution >= 4 is 0 Å². The molecular formula is C12H14F3NO2. The fourth-order valence-electron chi connectivity index (χ4n) is 1.98. The first kappa shape index (κ1) is 13.2. The molecule has 1 heterocycles. The van der Waals surface area contributed by atoms with Crippen molar-refractivity contribution in [3.05, 3.63) is 29.8 Å². The topological polar surface area (TPSA) is 32.7 Å². The monoisotopic (exact) mass is 261 g/mol. The van der Waals surface area contributed by atoms with Crippen LogP contribution in [-0.4, -0.2) is 36.1 Å². The molecule has 0 saturated carbocycles. The quantitative estimate of drug-likeness (QED) is 0.900. The van der Waals surface area contributed by atoms with Crippen LogP contribution in [-0.2, 0) is 6.54 Å². The Morgan fingerprint density at radius 1 is 1.22 bits per heavy atom. The molecule has 0 aromatic heterocycles. The third-order valence-corrected chi connectivity index (χ3v) is 2.85. The summed E-state index contributed by atoms with van der Waals surface area (Å²) >= 11 is 0. The highest BCUT2D eigenvalue weighted by atomic mass is 19.4. The summed E-state index contributed by atoms with van der Waals surface area (Å²) in [6, 6.07) is 5.86. The SMILES string of the molecule is OCC1CN(Cc2ccc(OC(F)(F)F)cc2)C1. The van der Waals surface area contributed by atoms with Crippen molar-refractivity contribution in [2.24, 2.45) is 5.92 Å². The summed E-state index contributed by atoms with van der Waals surface area (Å²) in [7, 11) is 0. The largest absolute Gasteiger partial charge is 0.573 e. The van der Waals surface area contributed by atoms with Crippen LogP contribution in [0.3, 0.4) is 0 Å². The maximum Gasteiger partial charge on any atom is 0.573 e. The van der Waals surface area contributed by atoms with E-state index in [0.29, 0.717) is 12.5 Å². The fraction of sp³-hybridized carbons (Fsp3) is 0.500. The van der Waals surface area contributed by atoms with Crippen molar-refractivity contribution in [2.45, 2.75) is 12.9 Å². The highest BCUT2D eigenvalue weighted by Gasteiger charge is 2.31. The first-order chi connectivity index (χ1) is 8.46. The van der Waals surface area contributed by atoms with Gasteiger partial charge in [0.25, 0.3) is 0 Å². The smallest absolute Gasteiger partial charge is 0.406 e. The Bertz CT molecular complexity index is 385. The second-order valence-corrected chi connectivity index (χ2v) is 4.43. The Hall–Kier alpha value is -1.27. The third-order valence-electron chi connectivity index (χ3n) is 2.85. The lowest BCUT2D eigenvalue weighted by Crippen LogP contribution is -2.47. The molecule has 1 fully saturated rings. The van der Waals surface area contributed by atoms with Crippen LogP contribution in [0.2, 0.25) is 0 Å². The van der Waals surface area contributed by atoms with Gasteiger partial charge in [-0.1, -0.05) is 12.1 Å². The van der Waals surface area contributed by atoms with E-state index in [2.05, 4.69) is 9.64 Å². The molecule has 18 heavy (non-hydrogen) atoms. The van der Waals surface area contributed by atoms with Gasteiger partial charge in [0, 0.05) is 32.2 Å². The van der Waals surface area contributed by atoms with Crippen molar-refractivity contribution in [2.75, 3.05) is 19.7 Å². The molecule has 1 aliphatic heterocycles. The number of aliphatic hydroxyl groups excluding tert-OH is 1. The molecule has 0 bridgehead atoms. The summed E-state index contributed by atoms with van der Waals surface area (Å²) in [4.78, 5) is 2.13. The van der Waals surface area contributed by atoms with E-state index in [-0.39, 0.29) is 12.4 Å². The lowest BCUT2D eigenvalue weighted by Gasteiger charge is -2.38. The third kappa shape index (κ3) is 3.61. The van der Waals surface area contributed by atoms with Crippen molar-refractivity contribution in [1.82, 2.24) is 4.90 Å². The van der Waals surface area contributed by atoms with E-state index in [4.69, 9.17) is 5.11 Å². The average molecular weight is 261 g/mol. The number of benzene rings is 1. The Labute approximate surface area is 103 Å².